The van der Waals surface area contributed by atoms with Gasteiger partial charge in [0, 0.05) is 43.5 Å². The van der Waals surface area contributed by atoms with Gasteiger partial charge in [-0.1, -0.05) is 194 Å². The van der Waals surface area contributed by atoms with Crippen molar-refractivity contribution in [3.05, 3.63) is 212 Å². The maximum atomic E-state index is 5.36. The van der Waals surface area contributed by atoms with Crippen molar-refractivity contribution in [3.63, 3.8) is 0 Å². The minimum absolute atomic E-state index is 0.706. The summed E-state index contributed by atoms with van der Waals surface area (Å²) >= 11 is 1.83. The first kappa shape index (κ1) is 35.2. The van der Waals surface area contributed by atoms with E-state index in [0.717, 1.165) is 55.8 Å². The highest BCUT2D eigenvalue weighted by Gasteiger charge is 2.23. The van der Waals surface area contributed by atoms with Crippen molar-refractivity contribution in [2.75, 3.05) is 0 Å². The normalized spacial score (nSPS) is 11.6. The zero-order valence-corrected chi connectivity index (χ0v) is 33.8. The summed E-state index contributed by atoms with van der Waals surface area (Å²) in [6, 6.07) is 75.6. The molecule has 0 atom stereocenters. The number of fused-ring (bicyclic) bond motifs is 9. The molecule has 0 spiro atoms. The zero-order valence-electron chi connectivity index (χ0n) is 33.0. The molecule has 0 amide bonds. The molecule has 9 aromatic carbocycles. The van der Waals surface area contributed by atoms with E-state index in [-0.39, 0.29) is 0 Å². The van der Waals surface area contributed by atoms with Gasteiger partial charge in [-0.15, -0.1) is 11.3 Å². The van der Waals surface area contributed by atoms with Gasteiger partial charge in [-0.2, -0.15) is 0 Å². The Bertz CT molecular complexity index is 3520. The smallest absolute Gasteiger partial charge is 0.160 e. The monoisotopic (exact) mass is 793 g/mol. The predicted molar refractivity (Wildman–Crippen MR) is 258 cm³/mol. The number of rotatable bonds is 6. The standard InChI is InChI=1S/C57H35N3S/c1-4-16-36(17-5-1)50-35-51(60-57(59-50)40-20-8-3-9-21-40)37-28-30-39(31-29-37)55-52(53-47-26-14-15-27-49(47)58-54(56(53)61-55)38-18-6-2-7-19-38)41-32-33-46-44-24-11-10-22-42(44)43-23-12-13-25-45(43)48(46)34-41/h1-35H. The Morgan fingerprint density at radius 1 is 0.311 bits per heavy atom. The van der Waals surface area contributed by atoms with Gasteiger partial charge in [-0.25, -0.2) is 15.0 Å². The van der Waals surface area contributed by atoms with Gasteiger partial charge >= 0.3 is 0 Å². The van der Waals surface area contributed by atoms with Crippen LogP contribution in [0.2, 0.25) is 0 Å². The van der Waals surface area contributed by atoms with E-state index in [4.69, 9.17) is 15.0 Å². The molecule has 0 unspecified atom stereocenters. The van der Waals surface area contributed by atoms with E-state index in [9.17, 15) is 0 Å². The molecule has 12 rings (SSSR count). The second-order valence-corrected chi connectivity index (χ2v) is 16.5. The molecule has 0 aliphatic rings. The number of pyridine rings is 1. The van der Waals surface area contributed by atoms with Gasteiger partial charge in [-0.3, -0.25) is 0 Å². The molecule has 0 saturated heterocycles. The topological polar surface area (TPSA) is 38.7 Å². The molecule has 0 aliphatic carbocycles. The third-order valence-electron chi connectivity index (χ3n) is 11.9. The lowest BCUT2D eigenvalue weighted by Crippen LogP contribution is -1.95. The van der Waals surface area contributed by atoms with Crippen LogP contribution in [0.15, 0.2) is 212 Å². The number of hydrogen-bond acceptors (Lipinski definition) is 4. The van der Waals surface area contributed by atoms with Gasteiger partial charge in [0.15, 0.2) is 5.82 Å². The highest BCUT2D eigenvalue weighted by molar-refractivity contribution is 7.23. The maximum absolute atomic E-state index is 5.36. The second kappa shape index (κ2) is 14.5. The van der Waals surface area contributed by atoms with E-state index in [1.54, 1.807) is 0 Å². The van der Waals surface area contributed by atoms with Gasteiger partial charge in [0.25, 0.3) is 0 Å². The van der Waals surface area contributed by atoms with Gasteiger partial charge < -0.3 is 0 Å². The van der Waals surface area contributed by atoms with Crippen molar-refractivity contribution in [1.29, 1.82) is 0 Å². The first-order chi connectivity index (χ1) is 30.2. The Labute approximate surface area is 356 Å². The van der Waals surface area contributed by atoms with Crippen LogP contribution in [-0.2, 0) is 0 Å². The van der Waals surface area contributed by atoms with Gasteiger partial charge in [0.2, 0.25) is 0 Å². The van der Waals surface area contributed by atoms with E-state index in [1.807, 2.05) is 35.6 Å². The van der Waals surface area contributed by atoms with E-state index < -0.39 is 0 Å². The summed E-state index contributed by atoms with van der Waals surface area (Å²) in [5, 5.41) is 9.97. The van der Waals surface area contributed by atoms with Crippen molar-refractivity contribution in [2.24, 2.45) is 0 Å². The van der Waals surface area contributed by atoms with Gasteiger partial charge in [0.05, 0.1) is 27.3 Å². The van der Waals surface area contributed by atoms with Crippen LogP contribution in [0.3, 0.4) is 0 Å². The highest BCUT2D eigenvalue weighted by Crippen LogP contribution is 2.51. The summed E-state index contributed by atoms with van der Waals surface area (Å²) < 4.78 is 1.18. The molecule has 4 heteroatoms. The van der Waals surface area contributed by atoms with E-state index in [1.165, 1.54) is 58.4 Å². The van der Waals surface area contributed by atoms with E-state index in [0.29, 0.717) is 5.82 Å². The summed E-state index contributed by atoms with van der Waals surface area (Å²) in [6.45, 7) is 0. The quantitative estimate of drug-likeness (QED) is 0.157. The molecule has 12 aromatic rings. The van der Waals surface area contributed by atoms with Crippen LogP contribution in [0.5, 0.6) is 0 Å². The Hall–Kier alpha value is -7.79. The Morgan fingerprint density at radius 3 is 1.39 bits per heavy atom. The third kappa shape index (κ3) is 5.99. The molecule has 0 fully saturated rings. The number of para-hydroxylation sites is 1. The average Bonchev–Trinajstić information content (AvgIpc) is 3.76. The van der Waals surface area contributed by atoms with Crippen molar-refractivity contribution >= 4 is 64.6 Å². The van der Waals surface area contributed by atoms with Crippen molar-refractivity contribution in [3.8, 4) is 66.7 Å². The number of hydrogen-bond donors (Lipinski definition) is 0. The molecular formula is C57H35N3S. The molecule has 0 aliphatic heterocycles. The van der Waals surface area contributed by atoms with Crippen LogP contribution >= 0.6 is 11.3 Å². The van der Waals surface area contributed by atoms with Gasteiger partial charge in [0.1, 0.15) is 0 Å². The lowest BCUT2D eigenvalue weighted by molar-refractivity contribution is 1.18. The predicted octanol–water partition coefficient (Wildman–Crippen LogP) is 15.7. The minimum Gasteiger partial charge on any atom is -0.246 e. The van der Waals surface area contributed by atoms with Crippen molar-refractivity contribution in [2.45, 2.75) is 0 Å². The fourth-order valence-corrected chi connectivity index (χ4v) is 10.4. The molecule has 284 valence electrons. The minimum atomic E-state index is 0.706. The lowest BCUT2D eigenvalue weighted by atomic mass is 9.90. The number of benzene rings is 9. The van der Waals surface area contributed by atoms with Crippen LogP contribution in [0.25, 0.3) is 120 Å². The van der Waals surface area contributed by atoms with Crippen LogP contribution in [0.4, 0.5) is 0 Å². The SMILES string of the molecule is c1ccc(-c2cc(-c3ccc(-c4sc5c(-c6ccccc6)nc6ccccc6c5c4-c4ccc5c6ccccc6c6ccccc6c5c4)cc3)nc(-c3ccccc3)n2)cc1. The number of aromatic nitrogens is 3. The van der Waals surface area contributed by atoms with E-state index >= 15 is 0 Å². The molecule has 3 aromatic heterocycles. The molecule has 3 nitrogen and oxygen atoms in total. The van der Waals surface area contributed by atoms with Crippen LogP contribution < -0.4 is 0 Å². The first-order valence-electron chi connectivity index (χ1n) is 20.6. The molecule has 0 saturated carbocycles. The summed E-state index contributed by atoms with van der Waals surface area (Å²) in [7, 11) is 0. The molecular weight excluding hydrogens is 759 g/mol. The Kier molecular flexibility index (Phi) is 8.36. The molecule has 3 heterocycles. The Morgan fingerprint density at radius 2 is 0.770 bits per heavy atom. The van der Waals surface area contributed by atoms with Crippen molar-refractivity contribution in [1.82, 2.24) is 15.0 Å². The number of thiophene rings is 1. The first-order valence-corrected chi connectivity index (χ1v) is 21.4. The average molecular weight is 794 g/mol. The van der Waals surface area contributed by atoms with Crippen LogP contribution in [-0.4, -0.2) is 15.0 Å². The third-order valence-corrected chi connectivity index (χ3v) is 13.1. The fourth-order valence-electron chi connectivity index (χ4n) is 9.00. The second-order valence-electron chi connectivity index (χ2n) is 15.5. The Balaban J connectivity index is 1.10. The fraction of sp³-hybridized carbons (Fsp3) is 0. The highest BCUT2D eigenvalue weighted by atomic mass is 32.1. The molecule has 0 N–H and O–H groups in total. The molecule has 61 heavy (non-hydrogen) atoms. The molecule has 0 radical (unpaired) electrons. The lowest BCUT2D eigenvalue weighted by Gasteiger charge is -2.14. The molecule has 0 bridgehead atoms. The maximum Gasteiger partial charge on any atom is 0.160 e. The largest absolute Gasteiger partial charge is 0.246 e. The summed E-state index contributed by atoms with van der Waals surface area (Å²) in [5.41, 5.74) is 11.5. The number of nitrogens with zero attached hydrogens (tertiary/aromatic N) is 3. The van der Waals surface area contributed by atoms with Crippen LogP contribution in [0, 0.1) is 0 Å². The summed E-state index contributed by atoms with van der Waals surface area (Å²) in [6.07, 6.45) is 0. The van der Waals surface area contributed by atoms with Gasteiger partial charge in [-0.05, 0) is 61.6 Å². The van der Waals surface area contributed by atoms with E-state index in [2.05, 4.69) is 188 Å². The summed E-state index contributed by atoms with van der Waals surface area (Å²) in [4.78, 5) is 16.7. The zero-order chi connectivity index (χ0) is 40.3. The summed E-state index contributed by atoms with van der Waals surface area (Å²) in [5.74, 6) is 0.706. The van der Waals surface area contributed by atoms with Crippen molar-refractivity contribution < 1.29 is 0 Å². The van der Waals surface area contributed by atoms with Crippen LogP contribution in [0.1, 0.15) is 0 Å².